The lowest BCUT2D eigenvalue weighted by Gasteiger charge is -2.21. The molecule has 198 valence electrons. The maximum absolute atomic E-state index is 13.7. The minimum atomic E-state index is -0.818. The third kappa shape index (κ3) is 6.41. The van der Waals surface area contributed by atoms with Crippen LogP contribution >= 0.6 is 11.6 Å². The Morgan fingerprint density at radius 3 is 2.15 bits per heavy atom. The molecule has 0 N–H and O–H groups in total. The summed E-state index contributed by atoms with van der Waals surface area (Å²) in [6.45, 7) is 2.93. The smallest absolute Gasteiger partial charge is 0.252 e. The molecule has 0 amide bonds. The zero-order valence-electron chi connectivity index (χ0n) is 21.9. The highest BCUT2D eigenvalue weighted by molar-refractivity contribution is 6.31. The van der Waals surface area contributed by atoms with Crippen molar-refractivity contribution in [2.45, 2.75) is 32.7 Å². The lowest BCUT2D eigenvalue weighted by molar-refractivity contribution is -0.121. The van der Waals surface area contributed by atoms with E-state index in [0.717, 1.165) is 11.1 Å². The third-order valence-electron chi connectivity index (χ3n) is 6.63. The van der Waals surface area contributed by atoms with Crippen molar-refractivity contribution in [2.75, 3.05) is 7.11 Å². The van der Waals surface area contributed by atoms with E-state index in [0.29, 0.717) is 39.4 Å². The molecule has 3 aromatic carbocycles. The summed E-state index contributed by atoms with van der Waals surface area (Å²) in [5, 5.41) is 0.411. The first-order valence-corrected chi connectivity index (χ1v) is 12.8. The highest BCUT2D eigenvalue weighted by Gasteiger charge is 2.25. The van der Waals surface area contributed by atoms with Crippen LogP contribution in [0.3, 0.4) is 0 Å². The van der Waals surface area contributed by atoms with Gasteiger partial charge in [0.05, 0.1) is 19.3 Å². The van der Waals surface area contributed by atoms with E-state index in [1.165, 1.54) is 37.8 Å². The molecule has 0 spiro atoms. The molecule has 0 bridgehead atoms. The van der Waals surface area contributed by atoms with Gasteiger partial charge in [-0.1, -0.05) is 66.2 Å². The van der Waals surface area contributed by atoms with Crippen LogP contribution in [0.2, 0.25) is 5.02 Å². The molecule has 0 unspecified atom stereocenters. The Bertz CT molecular complexity index is 1590. The normalized spacial score (nSPS) is 11.6. The number of methoxy groups -OCH3 is 1. The first-order chi connectivity index (χ1) is 18.7. The summed E-state index contributed by atoms with van der Waals surface area (Å²) in [4.78, 5) is 51.2. The van der Waals surface area contributed by atoms with E-state index in [1.807, 2.05) is 30.3 Å². The van der Waals surface area contributed by atoms with Crippen LogP contribution in [-0.2, 0) is 17.6 Å². The summed E-state index contributed by atoms with van der Waals surface area (Å²) < 4.78 is 7.04. The molecule has 6 nitrogen and oxygen atoms in total. The zero-order chi connectivity index (χ0) is 28.1. The first kappa shape index (κ1) is 27.7. The van der Waals surface area contributed by atoms with Gasteiger partial charge in [-0.2, -0.15) is 0 Å². The largest absolute Gasteiger partial charge is 0.495 e. The van der Waals surface area contributed by atoms with Crippen LogP contribution in [0.5, 0.6) is 5.75 Å². The van der Waals surface area contributed by atoms with E-state index in [9.17, 15) is 19.2 Å². The molecule has 0 aliphatic heterocycles. The van der Waals surface area contributed by atoms with E-state index in [4.69, 9.17) is 16.3 Å². The number of carbonyl (C=O) groups excluding carboxylic acids is 3. The van der Waals surface area contributed by atoms with Gasteiger partial charge >= 0.3 is 0 Å². The molecule has 0 saturated carbocycles. The highest BCUT2D eigenvalue weighted by atomic mass is 35.5. The van der Waals surface area contributed by atoms with Gasteiger partial charge in [-0.15, -0.1) is 0 Å². The van der Waals surface area contributed by atoms with Gasteiger partial charge in [-0.25, -0.2) is 0 Å². The van der Waals surface area contributed by atoms with Crippen LogP contribution in [0.1, 0.15) is 51.7 Å². The van der Waals surface area contributed by atoms with E-state index in [1.54, 1.807) is 42.5 Å². The first-order valence-electron chi connectivity index (χ1n) is 12.5. The summed E-state index contributed by atoms with van der Waals surface area (Å²) in [6, 6.07) is 21.8. The molecule has 39 heavy (non-hydrogen) atoms. The molecule has 7 heteroatoms. The SMILES string of the molecule is COc1cn([C@@H](Cc2ccccc2)C(=O)Cc2ccc(C(C)=O)cc2)c(=O)cc1-c1cc(Cl)ccc1C(C)=O. The van der Waals surface area contributed by atoms with E-state index in [2.05, 4.69) is 0 Å². The van der Waals surface area contributed by atoms with Gasteiger partial charge in [-0.3, -0.25) is 19.2 Å². The number of rotatable bonds is 10. The second-order valence-corrected chi connectivity index (χ2v) is 9.79. The lowest BCUT2D eigenvalue weighted by atomic mass is 9.95. The number of hydrogen-bond acceptors (Lipinski definition) is 5. The van der Waals surface area contributed by atoms with Crippen LogP contribution in [0.15, 0.2) is 89.9 Å². The number of pyridine rings is 1. The Morgan fingerprint density at radius 2 is 1.54 bits per heavy atom. The predicted molar refractivity (Wildman–Crippen MR) is 152 cm³/mol. The van der Waals surface area contributed by atoms with Crippen LogP contribution < -0.4 is 10.3 Å². The fraction of sp³-hybridized carbons (Fsp3) is 0.188. The van der Waals surface area contributed by atoms with Gasteiger partial charge < -0.3 is 9.30 Å². The van der Waals surface area contributed by atoms with Gasteiger partial charge in [0.1, 0.15) is 5.75 Å². The fourth-order valence-electron chi connectivity index (χ4n) is 4.57. The molecule has 0 fully saturated rings. The Labute approximate surface area is 231 Å². The maximum atomic E-state index is 13.7. The van der Waals surface area contributed by atoms with Crippen molar-refractivity contribution in [3.63, 3.8) is 0 Å². The van der Waals surface area contributed by atoms with E-state index in [-0.39, 0.29) is 23.8 Å². The standard InChI is InChI=1S/C32H28ClNO5/c1-20(35)24-11-9-23(10-12-24)16-30(37)29(15-22-7-5-4-6-8-22)34-19-31(39-3)28(18-32(34)38)27-17-25(33)13-14-26(27)21(2)36/h4-14,17-19,29H,15-16H2,1-3H3/t29-/m0/s1. The molecule has 4 aromatic rings. The molecular weight excluding hydrogens is 514 g/mol. The molecule has 0 radical (unpaired) electrons. The number of nitrogens with zero attached hydrogens (tertiary/aromatic N) is 1. The topological polar surface area (TPSA) is 82.4 Å². The molecular formula is C32H28ClNO5. The molecule has 1 aromatic heterocycles. The molecule has 4 rings (SSSR count). The van der Waals surface area contributed by atoms with Gasteiger partial charge in [0.15, 0.2) is 17.3 Å². The molecule has 0 aliphatic carbocycles. The number of hydrogen-bond donors (Lipinski definition) is 0. The number of Topliss-reactive ketones (excluding diaryl/α,β-unsaturated/α-hetero) is 3. The number of ketones is 3. The maximum Gasteiger partial charge on any atom is 0.252 e. The van der Waals surface area contributed by atoms with Crippen LogP contribution in [0.25, 0.3) is 11.1 Å². The Kier molecular flexibility index (Phi) is 8.57. The third-order valence-corrected chi connectivity index (χ3v) is 6.87. The summed E-state index contributed by atoms with van der Waals surface area (Å²) in [6.07, 6.45) is 1.89. The van der Waals surface area contributed by atoms with Crippen molar-refractivity contribution >= 4 is 29.0 Å². The van der Waals surface area contributed by atoms with Crippen molar-refractivity contribution in [1.82, 2.24) is 4.57 Å². The molecule has 0 aliphatic rings. The van der Waals surface area contributed by atoms with Gasteiger partial charge in [0.2, 0.25) is 0 Å². The molecule has 1 heterocycles. The minimum Gasteiger partial charge on any atom is -0.495 e. The number of aromatic nitrogens is 1. The van der Waals surface area contributed by atoms with Crippen molar-refractivity contribution < 1.29 is 19.1 Å². The van der Waals surface area contributed by atoms with Crippen molar-refractivity contribution in [3.8, 4) is 16.9 Å². The van der Waals surface area contributed by atoms with Gasteiger partial charge in [0, 0.05) is 40.6 Å². The summed E-state index contributed by atoms with van der Waals surface area (Å²) in [7, 11) is 1.47. The van der Waals surface area contributed by atoms with Gasteiger partial charge in [-0.05, 0) is 48.7 Å². The Balaban J connectivity index is 1.79. The fourth-order valence-corrected chi connectivity index (χ4v) is 4.74. The second kappa shape index (κ2) is 12.0. The summed E-state index contributed by atoms with van der Waals surface area (Å²) in [5.74, 6) is -0.0726. The quantitative estimate of drug-likeness (QED) is 0.224. The number of benzene rings is 3. The monoisotopic (exact) mass is 541 g/mol. The number of carbonyl (C=O) groups is 3. The number of ether oxygens (including phenoxy) is 1. The summed E-state index contributed by atoms with van der Waals surface area (Å²) >= 11 is 6.23. The second-order valence-electron chi connectivity index (χ2n) is 9.35. The Hall–Kier alpha value is -4.29. The molecule has 1 atom stereocenters. The van der Waals surface area contributed by atoms with Crippen molar-refractivity contribution in [2.24, 2.45) is 0 Å². The van der Waals surface area contributed by atoms with Crippen molar-refractivity contribution in [3.05, 3.63) is 123 Å². The predicted octanol–water partition coefficient (Wildman–Crippen LogP) is 6.18. The zero-order valence-corrected chi connectivity index (χ0v) is 22.7. The van der Waals surface area contributed by atoms with Gasteiger partial charge in [0.25, 0.3) is 5.56 Å². The average molecular weight is 542 g/mol. The van der Waals surface area contributed by atoms with E-state index >= 15 is 0 Å². The minimum absolute atomic E-state index is 0.0544. The van der Waals surface area contributed by atoms with Crippen LogP contribution in [0.4, 0.5) is 0 Å². The lowest BCUT2D eigenvalue weighted by Crippen LogP contribution is -2.32. The van der Waals surface area contributed by atoms with E-state index < -0.39 is 11.6 Å². The highest BCUT2D eigenvalue weighted by Crippen LogP contribution is 2.34. The number of halogens is 1. The average Bonchev–Trinajstić information content (AvgIpc) is 2.92. The summed E-state index contributed by atoms with van der Waals surface area (Å²) in [5.41, 5.74) is 3.08. The Morgan fingerprint density at radius 1 is 0.846 bits per heavy atom. The van der Waals surface area contributed by atoms with Crippen molar-refractivity contribution in [1.29, 1.82) is 0 Å². The molecule has 0 saturated heterocycles. The van der Waals surface area contributed by atoms with Crippen LogP contribution in [0, 0.1) is 0 Å². The van der Waals surface area contributed by atoms with Crippen LogP contribution in [-0.4, -0.2) is 29.0 Å².